The van der Waals surface area contributed by atoms with E-state index in [0.717, 1.165) is 31.2 Å². The molecule has 102 valence electrons. The maximum absolute atomic E-state index is 13.3. The molecule has 0 aromatic heterocycles. The summed E-state index contributed by atoms with van der Waals surface area (Å²) in [7, 11) is 0. The summed E-state index contributed by atoms with van der Waals surface area (Å²) in [5, 5.41) is 10.3. The normalized spacial score (nSPS) is 14.5. The molecule has 1 aromatic carbocycles. The topological polar surface area (TPSA) is 20.2 Å². The minimum atomic E-state index is -0.271. The van der Waals surface area contributed by atoms with Crippen molar-refractivity contribution >= 4 is 11.6 Å². The van der Waals surface area contributed by atoms with Gasteiger partial charge in [0, 0.05) is 11.6 Å². The van der Waals surface area contributed by atoms with E-state index in [1.165, 1.54) is 12.1 Å². The van der Waals surface area contributed by atoms with E-state index in [9.17, 15) is 9.50 Å². The monoisotopic (exact) mass is 272 g/mol. The van der Waals surface area contributed by atoms with Crippen molar-refractivity contribution in [2.75, 3.05) is 6.61 Å². The molecule has 0 spiro atoms. The standard InChI is InChI=1S/C15H22ClFO/c1-3-5-8-15(4-2,11-18)10-12-9-13(17)6-7-14(12)16/h6-7,9,18H,3-5,8,10-11H2,1-2H3. The van der Waals surface area contributed by atoms with E-state index in [4.69, 9.17) is 11.6 Å². The third-order valence-electron chi connectivity index (χ3n) is 3.72. The minimum absolute atomic E-state index is 0.121. The first-order valence-electron chi connectivity index (χ1n) is 6.61. The quantitative estimate of drug-likeness (QED) is 0.769. The summed E-state index contributed by atoms with van der Waals surface area (Å²) in [4.78, 5) is 0. The number of unbranched alkanes of at least 4 members (excludes halogenated alkanes) is 1. The van der Waals surface area contributed by atoms with Crippen molar-refractivity contribution in [2.45, 2.75) is 46.0 Å². The number of aliphatic hydroxyl groups excluding tert-OH is 1. The van der Waals surface area contributed by atoms with E-state index in [0.29, 0.717) is 11.4 Å². The van der Waals surface area contributed by atoms with E-state index < -0.39 is 0 Å². The van der Waals surface area contributed by atoms with Crippen LogP contribution in [0.15, 0.2) is 18.2 Å². The van der Waals surface area contributed by atoms with Gasteiger partial charge in [-0.15, -0.1) is 0 Å². The largest absolute Gasteiger partial charge is 0.396 e. The predicted octanol–water partition coefficient (Wildman–Crippen LogP) is 4.60. The van der Waals surface area contributed by atoms with Crippen LogP contribution in [-0.2, 0) is 6.42 Å². The Bertz CT molecular complexity index is 375. The highest BCUT2D eigenvalue weighted by Gasteiger charge is 2.28. The van der Waals surface area contributed by atoms with Crippen LogP contribution in [0.4, 0.5) is 4.39 Å². The third-order valence-corrected chi connectivity index (χ3v) is 4.09. The number of rotatable bonds is 7. The summed E-state index contributed by atoms with van der Waals surface area (Å²) in [6.07, 6.45) is 4.62. The molecule has 1 nitrogen and oxygen atoms in total. The van der Waals surface area contributed by atoms with Gasteiger partial charge >= 0.3 is 0 Å². The molecule has 0 saturated heterocycles. The average Bonchev–Trinajstić information content (AvgIpc) is 2.39. The first-order chi connectivity index (χ1) is 8.56. The van der Waals surface area contributed by atoms with Crippen LogP contribution in [0, 0.1) is 11.2 Å². The molecule has 1 N–H and O–H groups in total. The van der Waals surface area contributed by atoms with Crippen molar-refractivity contribution in [1.82, 2.24) is 0 Å². The Morgan fingerprint density at radius 1 is 1.33 bits per heavy atom. The van der Waals surface area contributed by atoms with Gasteiger partial charge in [-0.1, -0.05) is 38.3 Å². The molecule has 1 rings (SSSR count). The summed E-state index contributed by atoms with van der Waals surface area (Å²) in [6, 6.07) is 4.43. The highest BCUT2D eigenvalue weighted by molar-refractivity contribution is 6.31. The molecule has 1 unspecified atom stereocenters. The fourth-order valence-electron chi connectivity index (χ4n) is 2.27. The zero-order chi connectivity index (χ0) is 13.6. The van der Waals surface area contributed by atoms with Crippen LogP contribution >= 0.6 is 11.6 Å². The lowest BCUT2D eigenvalue weighted by molar-refractivity contribution is 0.107. The average molecular weight is 273 g/mol. The molecular formula is C15H22ClFO. The molecule has 0 radical (unpaired) electrons. The lowest BCUT2D eigenvalue weighted by Crippen LogP contribution is -2.27. The zero-order valence-electron chi connectivity index (χ0n) is 11.2. The second kappa shape index (κ2) is 7.10. The number of hydrogen-bond donors (Lipinski definition) is 1. The summed E-state index contributed by atoms with van der Waals surface area (Å²) in [5.74, 6) is -0.271. The van der Waals surface area contributed by atoms with E-state index in [-0.39, 0.29) is 17.8 Å². The number of halogens is 2. The van der Waals surface area contributed by atoms with E-state index in [1.54, 1.807) is 6.07 Å². The zero-order valence-corrected chi connectivity index (χ0v) is 11.9. The highest BCUT2D eigenvalue weighted by atomic mass is 35.5. The second-order valence-electron chi connectivity index (χ2n) is 5.03. The summed E-state index contributed by atoms with van der Waals surface area (Å²) < 4.78 is 13.3. The molecule has 3 heteroatoms. The van der Waals surface area contributed by atoms with Gasteiger partial charge in [0.25, 0.3) is 0 Å². The smallest absolute Gasteiger partial charge is 0.123 e. The van der Waals surface area contributed by atoms with Crippen LogP contribution in [0.1, 0.15) is 45.1 Å². The Hall–Kier alpha value is -0.600. The lowest BCUT2D eigenvalue weighted by Gasteiger charge is -2.31. The summed E-state index contributed by atoms with van der Waals surface area (Å²) in [5.41, 5.74) is 0.622. The summed E-state index contributed by atoms with van der Waals surface area (Å²) >= 11 is 6.10. The Morgan fingerprint density at radius 3 is 2.61 bits per heavy atom. The molecule has 0 fully saturated rings. The van der Waals surface area contributed by atoms with Gasteiger partial charge in [-0.25, -0.2) is 4.39 Å². The fourth-order valence-corrected chi connectivity index (χ4v) is 2.46. The van der Waals surface area contributed by atoms with E-state index >= 15 is 0 Å². The molecular weight excluding hydrogens is 251 g/mol. The van der Waals surface area contributed by atoms with Crippen molar-refractivity contribution in [3.63, 3.8) is 0 Å². The molecule has 0 aliphatic rings. The molecule has 0 heterocycles. The van der Waals surface area contributed by atoms with E-state index in [2.05, 4.69) is 13.8 Å². The first kappa shape index (κ1) is 15.5. The molecule has 0 amide bonds. The van der Waals surface area contributed by atoms with Gasteiger partial charge < -0.3 is 5.11 Å². The third kappa shape index (κ3) is 3.96. The van der Waals surface area contributed by atoms with Crippen molar-refractivity contribution in [3.8, 4) is 0 Å². The highest BCUT2D eigenvalue weighted by Crippen LogP contribution is 2.34. The predicted molar refractivity (Wildman–Crippen MR) is 74.4 cm³/mol. The summed E-state index contributed by atoms with van der Waals surface area (Å²) in [6.45, 7) is 4.32. The van der Waals surface area contributed by atoms with Crippen LogP contribution < -0.4 is 0 Å². The van der Waals surface area contributed by atoms with Gasteiger partial charge in [-0.2, -0.15) is 0 Å². The number of aliphatic hydroxyl groups is 1. The van der Waals surface area contributed by atoms with Gasteiger partial charge in [0.05, 0.1) is 0 Å². The molecule has 0 bridgehead atoms. The Labute approximate surface area is 114 Å². The minimum Gasteiger partial charge on any atom is -0.396 e. The maximum atomic E-state index is 13.3. The van der Waals surface area contributed by atoms with Crippen LogP contribution in [0.25, 0.3) is 0 Å². The Morgan fingerprint density at radius 2 is 2.06 bits per heavy atom. The number of hydrogen-bond acceptors (Lipinski definition) is 1. The fraction of sp³-hybridized carbons (Fsp3) is 0.600. The molecule has 0 aliphatic carbocycles. The second-order valence-corrected chi connectivity index (χ2v) is 5.43. The molecule has 0 saturated carbocycles. The maximum Gasteiger partial charge on any atom is 0.123 e. The van der Waals surface area contributed by atoms with Crippen molar-refractivity contribution in [2.24, 2.45) is 5.41 Å². The van der Waals surface area contributed by atoms with Crippen molar-refractivity contribution in [3.05, 3.63) is 34.6 Å². The molecule has 1 aromatic rings. The molecule has 1 atom stereocenters. The van der Waals surface area contributed by atoms with Gasteiger partial charge in [0.1, 0.15) is 5.82 Å². The van der Waals surface area contributed by atoms with Gasteiger partial charge in [-0.05, 0) is 48.4 Å². The lowest BCUT2D eigenvalue weighted by atomic mass is 9.76. The van der Waals surface area contributed by atoms with Gasteiger partial charge in [-0.3, -0.25) is 0 Å². The molecule has 18 heavy (non-hydrogen) atoms. The SMILES string of the molecule is CCCCC(CC)(CO)Cc1cc(F)ccc1Cl. The van der Waals surface area contributed by atoms with Crippen LogP contribution in [0.3, 0.4) is 0 Å². The van der Waals surface area contributed by atoms with Crippen LogP contribution in [0.5, 0.6) is 0 Å². The van der Waals surface area contributed by atoms with Crippen molar-refractivity contribution in [1.29, 1.82) is 0 Å². The Balaban J connectivity index is 2.91. The van der Waals surface area contributed by atoms with Gasteiger partial charge in [0.15, 0.2) is 0 Å². The van der Waals surface area contributed by atoms with Gasteiger partial charge in [0.2, 0.25) is 0 Å². The Kier molecular flexibility index (Phi) is 6.10. The van der Waals surface area contributed by atoms with Crippen LogP contribution in [-0.4, -0.2) is 11.7 Å². The first-order valence-corrected chi connectivity index (χ1v) is 6.99. The van der Waals surface area contributed by atoms with Crippen molar-refractivity contribution < 1.29 is 9.50 Å². The number of benzene rings is 1. The van der Waals surface area contributed by atoms with Crippen LogP contribution in [0.2, 0.25) is 5.02 Å². The van der Waals surface area contributed by atoms with E-state index in [1.807, 2.05) is 0 Å². The molecule has 0 aliphatic heterocycles.